The Kier molecular flexibility index (Phi) is 4.91. The minimum absolute atomic E-state index is 0.182. The summed E-state index contributed by atoms with van der Waals surface area (Å²) < 4.78 is 34.3. The molecular weight excluding hydrogens is 364 g/mol. The maximum atomic E-state index is 12.4. The van der Waals surface area contributed by atoms with Crippen LogP contribution in [0.3, 0.4) is 0 Å². The van der Waals surface area contributed by atoms with Crippen LogP contribution in [-0.2, 0) is 23.7 Å². The highest BCUT2D eigenvalue weighted by molar-refractivity contribution is 7.92. The van der Waals surface area contributed by atoms with Crippen LogP contribution in [0, 0.1) is 0 Å². The van der Waals surface area contributed by atoms with Crippen molar-refractivity contribution < 1.29 is 13.2 Å². The van der Waals surface area contributed by atoms with Crippen LogP contribution in [0.5, 0.6) is 5.75 Å². The molecule has 0 fully saturated rings. The number of hydrogen-bond donors (Lipinski definition) is 1. The second-order valence-corrected chi connectivity index (χ2v) is 7.32. The molecule has 0 aliphatic rings. The van der Waals surface area contributed by atoms with Crippen LogP contribution in [0.1, 0.15) is 5.56 Å². The number of nitrogens with one attached hydrogen (secondary N) is 1. The van der Waals surface area contributed by atoms with Crippen LogP contribution in [-0.4, -0.2) is 23.4 Å². The highest BCUT2D eigenvalue weighted by Gasteiger charge is 2.20. The van der Waals surface area contributed by atoms with Gasteiger partial charge >= 0.3 is 0 Å². The van der Waals surface area contributed by atoms with Gasteiger partial charge in [0.15, 0.2) is 0 Å². The summed E-state index contributed by atoms with van der Waals surface area (Å²) >= 11 is 6.01. The van der Waals surface area contributed by atoms with Gasteiger partial charge in [0.2, 0.25) is 5.03 Å². The molecular formula is C16H15ClN4O3S. The maximum Gasteiger partial charge on any atom is 0.283 e. The van der Waals surface area contributed by atoms with Crippen molar-refractivity contribution in [2.24, 2.45) is 7.05 Å². The van der Waals surface area contributed by atoms with Crippen LogP contribution in [0.15, 0.2) is 59.8 Å². The Hall–Kier alpha value is -2.58. The number of sulfonamides is 1. The van der Waals surface area contributed by atoms with E-state index in [1.807, 2.05) is 30.3 Å². The zero-order valence-electron chi connectivity index (χ0n) is 13.3. The van der Waals surface area contributed by atoms with Gasteiger partial charge < -0.3 is 4.74 Å². The van der Waals surface area contributed by atoms with E-state index in [4.69, 9.17) is 16.3 Å². The molecule has 1 N–H and O–H groups in total. The smallest absolute Gasteiger partial charge is 0.283 e. The molecule has 0 saturated carbocycles. The summed E-state index contributed by atoms with van der Waals surface area (Å²) in [6.45, 7) is 0.279. The molecule has 9 heteroatoms. The van der Waals surface area contributed by atoms with Gasteiger partial charge in [-0.1, -0.05) is 47.1 Å². The lowest BCUT2D eigenvalue weighted by Crippen LogP contribution is -2.14. The largest absolute Gasteiger partial charge is 0.487 e. The highest BCUT2D eigenvalue weighted by Crippen LogP contribution is 2.30. The molecule has 0 amide bonds. The van der Waals surface area contributed by atoms with Gasteiger partial charge in [0.05, 0.1) is 11.9 Å². The van der Waals surface area contributed by atoms with E-state index in [-0.39, 0.29) is 17.3 Å². The van der Waals surface area contributed by atoms with Gasteiger partial charge in [-0.05, 0) is 17.7 Å². The van der Waals surface area contributed by atoms with Gasteiger partial charge in [0, 0.05) is 18.1 Å². The molecule has 0 radical (unpaired) electrons. The van der Waals surface area contributed by atoms with Gasteiger partial charge in [-0.25, -0.2) is 0 Å². The number of anilines is 1. The van der Waals surface area contributed by atoms with Crippen molar-refractivity contribution in [2.45, 2.75) is 11.6 Å². The number of rotatable bonds is 6. The second kappa shape index (κ2) is 7.12. The predicted octanol–water partition coefficient (Wildman–Crippen LogP) is 2.85. The molecule has 25 heavy (non-hydrogen) atoms. The third-order valence-electron chi connectivity index (χ3n) is 3.28. The van der Waals surface area contributed by atoms with Crippen molar-refractivity contribution >= 4 is 27.3 Å². The van der Waals surface area contributed by atoms with Gasteiger partial charge in [-0.2, -0.15) is 8.42 Å². The average Bonchev–Trinajstić information content (AvgIpc) is 3.03. The summed E-state index contributed by atoms with van der Waals surface area (Å²) in [5.74, 6) is 0.323. The van der Waals surface area contributed by atoms with E-state index in [0.717, 1.165) is 5.56 Å². The molecule has 0 spiro atoms. The van der Waals surface area contributed by atoms with Gasteiger partial charge in [-0.15, -0.1) is 5.10 Å². The van der Waals surface area contributed by atoms with Crippen molar-refractivity contribution in [3.8, 4) is 5.75 Å². The van der Waals surface area contributed by atoms with E-state index in [1.165, 1.54) is 16.9 Å². The summed E-state index contributed by atoms with van der Waals surface area (Å²) in [6.07, 6.45) is 1.31. The normalized spacial score (nSPS) is 11.3. The van der Waals surface area contributed by atoms with Crippen molar-refractivity contribution in [3.63, 3.8) is 0 Å². The number of halogens is 1. The molecule has 0 aliphatic heterocycles. The SMILES string of the molecule is Cn1cc(S(=O)(=O)Nc2ccc(Cl)cc2OCc2ccccc2)nn1. The molecule has 0 atom stereocenters. The van der Waals surface area contributed by atoms with E-state index in [2.05, 4.69) is 15.0 Å². The molecule has 7 nitrogen and oxygen atoms in total. The molecule has 130 valence electrons. The number of hydrogen-bond acceptors (Lipinski definition) is 5. The van der Waals surface area contributed by atoms with Gasteiger partial charge in [0.25, 0.3) is 10.0 Å². The summed E-state index contributed by atoms with van der Waals surface area (Å²) in [5, 5.41) is 7.51. The molecule has 1 aromatic heterocycles. The topological polar surface area (TPSA) is 86.1 Å². The maximum absolute atomic E-state index is 12.4. The highest BCUT2D eigenvalue weighted by atomic mass is 35.5. The number of ether oxygens (including phenoxy) is 1. The second-order valence-electron chi connectivity index (χ2n) is 5.25. The van der Waals surface area contributed by atoms with Crippen molar-refractivity contribution in [1.82, 2.24) is 15.0 Å². The Morgan fingerprint density at radius 1 is 1.20 bits per heavy atom. The Labute approximate surface area is 150 Å². The fraction of sp³-hybridized carbons (Fsp3) is 0.125. The fourth-order valence-electron chi connectivity index (χ4n) is 2.08. The van der Waals surface area contributed by atoms with Crippen LogP contribution in [0.2, 0.25) is 5.02 Å². The van der Waals surface area contributed by atoms with Crippen molar-refractivity contribution in [2.75, 3.05) is 4.72 Å². The predicted molar refractivity (Wildman–Crippen MR) is 94.0 cm³/mol. The molecule has 3 aromatic rings. The summed E-state index contributed by atoms with van der Waals surface area (Å²) in [4.78, 5) is 0. The Bertz CT molecular complexity index is 974. The molecule has 0 bridgehead atoms. The molecule has 0 aliphatic carbocycles. The first-order valence-electron chi connectivity index (χ1n) is 7.29. The number of nitrogens with zero attached hydrogens (tertiary/aromatic N) is 3. The summed E-state index contributed by atoms with van der Waals surface area (Å²) in [5.41, 5.74) is 1.22. The zero-order chi connectivity index (χ0) is 17.9. The molecule has 1 heterocycles. The average molecular weight is 379 g/mol. The number of benzene rings is 2. The van der Waals surface area contributed by atoms with E-state index in [0.29, 0.717) is 10.8 Å². The zero-order valence-corrected chi connectivity index (χ0v) is 14.8. The van der Waals surface area contributed by atoms with Crippen LogP contribution in [0.25, 0.3) is 0 Å². The lowest BCUT2D eigenvalue weighted by molar-refractivity contribution is 0.308. The van der Waals surface area contributed by atoms with Gasteiger partial charge in [0.1, 0.15) is 12.4 Å². The minimum Gasteiger partial charge on any atom is -0.487 e. The van der Waals surface area contributed by atoms with E-state index >= 15 is 0 Å². The van der Waals surface area contributed by atoms with E-state index in [9.17, 15) is 8.42 Å². The first-order valence-corrected chi connectivity index (χ1v) is 9.15. The van der Waals surface area contributed by atoms with Gasteiger partial charge in [-0.3, -0.25) is 9.40 Å². The summed E-state index contributed by atoms with van der Waals surface area (Å²) in [6, 6.07) is 14.2. The Balaban J connectivity index is 1.84. The number of aromatic nitrogens is 3. The molecule has 3 rings (SSSR count). The standard InChI is InChI=1S/C16H15ClN4O3S/c1-21-10-16(18-20-21)25(22,23)19-14-8-7-13(17)9-15(14)24-11-12-5-3-2-4-6-12/h2-10,19H,11H2,1H3. The Morgan fingerprint density at radius 3 is 2.64 bits per heavy atom. The molecule has 2 aromatic carbocycles. The lowest BCUT2D eigenvalue weighted by atomic mass is 10.2. The quantitative estimate of drug-likeness (QED) is 0.712. The molecule has 0 unspecified atom stereocenters. The lowest BCUT2D eigenvalue weighted by Gasteiger charge is -2.13. The van der Waals surface area contributed by atoms with Crippen LogP contribution in [0.4, 0.5) is 5.69 Å². The number of aryl methyl sites for hydroxylation is 1. The first-order chi connectivity index (χ1) is 11.9. The van der Waals surface area contributed by atoms with Crippen LogP contribution >= 0.6 is 11.6 Å². The van der Waals surface area contributed by atoms with E-state index in [1.54, 1.807) is 19.2 Å². The van der Waals surface area contributed by atoms with Crippen LogP contribution < -0.4 is 9.46 Å². The first kappa shape index (κ1) is 17.2. The summed E-state index contributed by atoms with van der Waals surface area (Å²) in [7, 11) is -2.29. The fourth-order valence-corrected chi connectivity index (χ4v) is 3.24. The molecule has 0 saturated heterocycles. The third-order valence-corrected chi connectivity index (χ3v) is 4.74. The van der Waals surface area contributed by atoms with Crippen molar-refractivity contribution in [3.05, 3.63) is 65.3 Å². The minimum atomic E-state index is -3.88. The third kappa shape index (κ3) is 4.28. The van der Waals surface area contributed by atoms with Crippen molar-refractivity contribution in [1.29, 1.82) is 0 Å². The Morgan fingerprint density at radius 2 is 1.96 bits per heavy atom. The monoisotopic (exact) mass is 378 g/mol. The van der Waals surface area contributed by atoms with E-state index < -0.39 is 10.0 Å².